The van der Waals surface area contributed by atoms with Crippen molar-refractivity contribution in [2.45, 2.75) is 32.2 Å². The summed E-state index contributed by atoms with van der Waals surface area (Å²) in [5.41, 5.74) is 1.92. The molecule has 0 unspecified atom stereocenters. The molecule has 0 radical (unpaired) electrons. The van der Waals surface area contributed by atoms with E-state index < -0.39 is 0 Å². The molecule has 0 bridgehead atoms. The second-order valence-electron chi connectivity index (χ2n) is 6.36. The van der Waals surface area contributed by atoms with Gasteiger partial charge in [0.25, 0.3) is 0 Å². The molecule has 0 saturated carbocycles. The lowest BCUT2D eigenvalue weighted by Crippen LogP contribution is -2.34. The Kier molecular flexibility index (Phi) is 4.21. The summed E-state index contributed by atoms with van der Waals surface area (Å²) in [5, 5.41) is 5.86. The summed E-state index contributed by atoms with van der Waals surface area (Å²) in [6, 6.07) is 10.0. The highest BCUT2D eigenvalue weighted by atomic mass is 35.5. The molecule has 0 spiro atoms. The quantitative estimate of drug-likeness (QED) is 0.721. The summed E-state index contributed by atoms with van der Waals surface area (Å²) in [7, 11) is 0. The molecule has 1 aliphatic rings. The fourth-order valence-electron chi connectivity index (χ4n) is 3.36. The highest BCUT2D eigenvalue weighted by Crippen LogP contribution is 2.27. The number of hydrogen-bond donors (Lipinski definition) is 0. The number of rotatable bonds is 3. The van der Waals surface area contributed by atoms with Crippen LogP contribution >= 0.6 is 11.6 Å². The Bertz CT molecular complexity index is 863. The first-order valence-corrected chi connectivity index (χ1v) is 8.63. The number of likely N-dealkylation sites (tertiary alicyclic amines) is 1. The van der Waals surface area contributed by atoms with Gasteiger partial charge in [-0.05, 0) is 31.5 Å². The number of aromatic nitrogens is 3. The lowest BCUT2D eigenvalue weighted by atomic mass is 9.97. The number of hydrogen-bond acceptors (Lipinski definition) is 5. The van der Waals surface area contributed by atoms with Crippen LogP contribution in [0.2, 0.25) is 5.02 Å². The first-order chi connectivity index (χ1) is 11.7. The molecule has 2 aromatic heterocycles. The minimum atomic E-state index is 0.334. The van der Waals surface area contributed by atoms with Crippen LogP contribution in [-0.2, 0) is 6.54 Å². The molecule has 6 heteroatoms. The van der Waals surface area contributed by atoms with Gasteiger partial charge < -0.3 is 4.52 Å². The number of fused-ring (bicyclic) bond motifs is 1. The summed E-state index contributed by atoms with van der Waals surface area (Å²) in [4.78, 5) is 11.5. The van der Waals surface area contributed by atoms with Crippen molar-refractivity contribution in [1.82, 2.24) is 20.0 Å². The van der Waals surface area contributed by atoms with E-state index in [1.807, 2.05) is 25.1 Å². The van der Waals surface area contributed by atoms with Crippen LogP contribution in [0.15, 0.2) is 34.9 Å². The smallest absolute Gasteiger partial charge is 0.223 e. The maximum Gasteiger partial charge on any atom is 0.223 e. The minimum absolute atomic E-state index is 0.334. The molecule has 24 heavy (non-hydrogen) atoms. The first kappa shape index (κ1) is 15.5. The number of nitrogens with zero attached hydrogens (tertiary/aromatic N) is 4. The van der Waals surface area contributed by atoms with E-state index >= 15 is 0 Å². The lowest BCUT2D eigenvalue weighted by Gasteiger charge is -2.30. The largest absolute Gasteiger partial charge is 0.340 e. The standard InChI is InChI=1S/C18H19ClN4O/c1-12-20-18(22-24-12)14-5-3-9-23(10-14)11-15-8-7-13-4-2-6-16(19)17(13)21-15/h2,4,6-8,14H,3,5,9-11H2,1H3/t14-/m1/s1. The summed E-state index contributed by atoms with van der Waals surface area (Å²) in [6.07, 6.45) is 2.24. The molecule has 1 fully saturated rings. The van der Waals surface area contributed by atoms with Crippen LogP contribution in [0.5, 0.6) is 0 Å². The van der Waals surface area contributed by atoms with Gasteiger partial charge in [-0.3, -0.25) is 4.90 Å². The minimum Gasteiger partial charge on any atom is -0.340 e. The van der Waals surface area contributed by atoms with E-state index in [0.29, 0.717) is 16.8 Å². The monoisotopic (exact) mass is 342 g/mol. The Hall–Kier alpha value is -1.98. The fourth-order valence-corrected chi connectivity index (χ4v) is 3.58. The van der Waals surface area contributed by atoms with E-state index in [4.69, 9.17) is 21.1 Å². The normalized spacial score (nSPS) is 19.0. The Balaban J connectivity index is 1.51. The average molecular weight is 343 g/mol. The molecule has 0 N–H and O–H groups in total. The van der Waals surface area contributed by atoms with Crippen molar-refractivity contribution in [1.29, 1.82) is 0 Å². The van der Waals surface area contributed by atoms with Crippen molar-refractivity contribution < 1.29 is 4.52 Å². The number of aryl methyl sites for hydroxylation is 1. The van der Waals surface area contributed by atoms with Crippen LogP contribution in [0.3, 0.4) is 0 Å². The summed E-state index contributed by atoms with van der Waals surface area (Å²) < 4.78 is 5.13. The molecule has 1 aromatic carbocycles. The Morgan fingerprint density at radius 3 is 3.00 bits per heavy atom. The van der Waals surface area contributed by atoms with Gasteiger partial charge in [0.2, 0.25) is 5.89 Å². The van der Waals surface area contributed by atoms with Crippen LogP contribution < -0.4 is 0 Å². The van der Waals surface area contributed by atoms with Gasteiger partial charge in [0.15, 0.2) is 5.82 Å². The van der Waals surface area contributed by atoms with Gasteiger partial charge in [0.1, 0.15) is 0 Å². The predicted octanol–water partition coefficient (Wildman–Crippen LogP) is 3.96. The number of para-hydroxylation sites is 1. The average Bonchev–Trinajstić information content (AvgIpc) is 3.03. The number of benzene rings is 1. The van der Waals surface area contributed by atoms with E-state index in [2.05, 4.69) is 27.2 Å². The molecule has 3 aromatic rings. The molecular weight excluding hydrogens is 324 g/mol. The topological polar surface area (TPSA) is 55.1 Å². The molecule has 3 heterocycles. The Morgan fingerprint density at radius 2 is 2.17 bits per heavy atom. The van der Waals surface area contributed by atoms with Gasteiger partial charge >= 0.3 is 0 Å². The van der Waals surface area contributed by atoms with Gasteiger partial charge in [-0.2, -0.15) is 4.98 Å². The van der Waals surface area contributed by atoms with Gasteiger partial charge in [-0.25, -0.2) is 4.98 Å². The summed E-state index contributed by atoms with van der Waals surface area (Å²) in [6.45, 7) is 4.64. The molecule has 1 saturated heterocycles. The van der Waals surface area contributed by atoms with Crippen LogP contribution in [0.4, 0.5) is 0 Å². The maximum atomic E-state index is 6.27. The molecule has 0 amide bonds. The summed E-state index contributed by atoms with van der Waals surface area (Å²) >= 11 is 6.27. The molecule has 0 aliphatic carbocycles. The molecule has 4 rings (SSSR count). The van der Waals surface area contributed by atoms with Crippen molar-refractivity contribution in [3.63, 3.8) is 0 Å². The van der Waals surface area contributed by atoms with Gasteiger partial charge in [-0.1, -0.05) is 35.0 Å². The highest BCUT2D eigenvalue weighted by molar-refractivity contribution is 6.35. The van der Waals surface area contributed by atoms with E-state index in [9.17, 15) is 0 Å². The third-order valence-corrected chi connectivity index (χ3v) is 4.83. The van der Waals surface area contributed by atoms with Crippen LogP contribution in [0, 0.1) is 6.92 Å². The number of piperidine rings is 1. The van der Waals surface area contributed by atoms with E-state index in [1.54, 1.807) is 0 Å². The first-order valence-electron chi connectivity index (χ1n) is 8.26. The zero-order chi connectivity index (χ0) is 16.5. The van der Waals surface area contributed by atoms with Crippen LogP contribution in [0.25, 0.3) is 10.9 Å². The number of halogens is 1. The van der Waals surface area contributed by atoms with Crippen LogP contribution in [0.1, 0.15) is 36.2 Å². The second-order valence-corrected chi connectivity index (χ2v) is 6.77. The zero-order valence-electron chi connectivity index (χ0n) is 13.6. The van der Waals surface area contributed by atoms with Gasteiger partial charge in [-0.15, -0.1) is 0 Å². The van der Waals surface area contributed by atoms with Crippen molar-refractivity contribution in [3.05, 3.63) is 52.8 Å². The summed E-state index contributed by atoms with van der Waals surface area (Å²) in [5.74, 6) is 1.79. The molecule has 5 nitrogen and oxygen atoms in total. The molecule has 1 aliphatic heterocycles. The Labute approximate surface area is 145 Å². The molecule has 1 atom stereocenters. The lowest BCUT2D eigenvalue weighted by molar-refractivity contribution is 0.193. The van der Waals surface area contributed by atoms with Gasteiger partial charge in [0.05, 0.1) is 16.2 Å². The second kappa shape index (κ2) is 6.49. The molecule has 124 valence electrons. The van der Waals surface area contributed by atoms with Crippen molar-refractivity contribution in [2.75, 3.05) is 13.1 Å². The van der Waals surface area contributed by atoms with Gasteiger partial charge in [0, 0.05) is 31.3 Å². The highest BCUT2D eigenvalue weighted by Gasteiger charge is 2.25. The number of pyridine rings is 1. The van der Waals surface area contributed by atoms with E-state index in [0.717, 1.165) is 54.9 Å². The maximum absolute atomic E-state index is 6.27. The zero-order valence-corrected chi connectivity index (χ0v) is 14.3. The SMILES string of the molecule is Cc1nc([C@@H]2CCCN(Cc3ccc4cccc(Cl)c4n3)C2)no1. The predicted molar refractivity (Wildman–Crippen MR) is 93.0 cm³/mol. The van der Waals surface area contributed by atoms with Crippen molar-refractivity contribution in [3.8, 4) is 0 Å². The van der Waals surface area contributed by atoms with Crippen molar-refractivity contribution >= 4 is 22.5 Å². The fraction of sp³-hybridized carbons (Fsp3) is 0.389. The van der Waals surface area contributed by atoms with E-state index in [1.165, 1.54) is 0 Å². The van der Waals surface area contributed by atoms with Crippen molar-refractivity contribution in [2.24, 2.45) is 0 Å². The molecular formula is C18H19ClN4O. The Morgan fingerprint density at radius 1 is 1.25 bits per heavy atom. The third-order valence-electron chi connectivity index (χ3n) is 4.53. The van der Waals surface area contributed by atoms with E-state index in [-0.39, 0.29) is 0 Å². The third kappa shape index (κ3) is 3.14. The van der Waals surface area contributed by atoms with Crippen LogP contribution in [-0.4, -0.2) is 33.1 Å².